The molecular weight excluding hydrogens is 240 g/mol. The van der Waals surface area contributed by atoms with E-state index in [-0.39, 0.29) is 5.09 Å². The first-order valence-corrected chi connectivity index (χ1v) is 7.32. The van der Waals surface area contributed by atoms with Crippen LogP contribution in [-0.4, -0.2) is 15.0 Å². The van der Waals surface area contributed by atoms with E-state index in [1.807, 2.05) is 0 Å². The van der Waals surface area contributed by atoms with Crippen LogP contribution >= 0.6 is 0 Å². The highest BCUT2D eigenvalue weighted by Gasteiger charge is 2.39. The molecule has 1 saturated carbocycles. The number of furan rings is 1. The van der Waals surface area contributed by atoms with Crippen molar-refractivity contribution in [2.24, 2.45) is 10.6 Å². The smallest absolute Gasteiger partial charge is 0.271 e. The molecule has 1 heterocycles. The Labute approximate surface area is 101 Å². The van der Waals surface area contributed by atoms with Crippen LogP contribution in [0.3, 0.4) is 0 Å². The minimum atomic E-state index is -3.72. The fraction of sp³-hybridized carbons (Fsp3) is 0.636. The molecule has 5 nitrogen and oxygen atoms in total. The third kappa shape index (κ3) is 3.08. The van der Waals surface area contributed by atoms with Gasteiger partial charge < -0.3 is 9.73 Å². The van der Waals surface area contributed by atoms with E-state index in [9.17, 15) is 8.42 Å². The first-order chi connectivity index (χ1) is 7.95. The monoisotopic (exact) mass is 258 g/mol. The van der Waals surface area contributed by atoms with E-state index in [1.54, 1.807) is 6.07 Å². The summed E-state index contributed by atoms with van der Waals surface area (Å²) < 4.78 is 27.1. The van der Waals surface area contributed by atoms with Crippen molar-refractivity contribution in [1.29, 1.82) is 0 Å². The van der Waals surface area contributed by atoms with Gasteiger partial charge in [0.15, 0.2) is 0 Å². The van der Waals surface area contributed by atoms with E-state index in [1.165, 1.54) is 25.3 Å². The minimum absolute atomic E-state index is 0.175. The molecule has 1 aliphatic carbocycles. The molecule has 0 saturated heterocycles. The first kappa shape index (κ1) is 12.6. The van der Waals surface area contributed by atoms with E-state index < -0.39 is 10.0 Å². The van der Waals surface area contributed by atoms with Crippen LogP contribution < -0.4 is 10.5 Å². The molecule has 0 bridgehead atoms. The number of primary sulfonamides is 1. The lowest BCUT2D eigenvalue weighted by Crippen LogP contribution is -2.22. The van der Waals surface area contributed by atoms with Gasteiger partial charge in [-0.15, -0.1) is 0 Å². The highest BCUT2D eigenvalue weighted by molar-refractivity contribution is 7.89. The summed E-state index contributed by atoms with van der Waals surface area (Å²) in [4.78, 5) is 0. The summed E-state index contributed by atoms with van der Waals surface area (Å²) in [7, 11) is -3.72. The molecule has 0 aliphatic heterocycles. The SMILES string of the molecule is CCC1(CNCc2ccc(S(N)(=O)=O)o2)CC1. The van der Waals surface area contributed by atoms with Crippen molar-refractivity contribution in [2.45, 2.75) is 37.8 Å². The van der Waals surface area contributed by atoms with Gasteiger partial charge in [-0.3, -0.25) is 0 Å². The van der Waals surface area contributed by atoms with Crippen molar-refractivity contribution in [3.63, 3.8) is 0 Å². The Balaban J connectivity index is 1.86. The quantitative estimate of drug-likeness (QED) is 0.803. The lowest BCUT2D eigenvalue weighted by Gasteiger charge is -2.12. The Morgan fingerprint density at radius 2 is 2.18 bits per heavy atom. The van der Waals surface area contributed by atoms with Crippen LogP contribution in [0.2, 0.25) is 0 Å². The highest BCUT2D eigenvalue weighted by Crippen LogP contribution is 2.47. The predicted molar refractivity (Wildman–Crippen MR) is 63.7 cm³/mol. The summed E-state index contributed by atoms with van der Waals surface area (Å²) in [5.41, 5.74) is 0.468. The van der Waals surface area contributed by atoms with Crippen molar-refractivity contribution in [1.82, 2.24) is 5.32 Å². The molecule has 0 spiro atoms. The number of hydrogen-bond donors (Lipinski definition) is 2. The third-order valence-corrected chi connectivity index (χ3v) is 4.20. The van der Waals surface area contributed by atoms with Crippen LogP contribution in [0.25, 0.3) is 0 Å². The van der Waals surface area contributed by atoms with Crippen LogP contribution in [0, 0.1) is 5.41 Å². The van der Waals surface area contributed by atoms with Gasteiger partial charge in [0.2, 0.25) is 5.09 Å². The number of hydrogen-bond acceptors (Lipinski definition) is 4. The minimum Gasteiger partial charge on any atom is -0.447 e. The molecule has 0 atom stereocenters. The fourth-order valence-corrected chi connectivity index (χ4v) is 2.37. The van der Waals surface area contributed by atoms with E-state index in [4.69, 9.17) is 9.56 Å². The molecule has 1 fully saturated rings. The van der Waals surface area contributed by atoms with E-state index in [0.717, 1.165) is 6.54 Å². The predicted octanol–water partition coefficient (Wildman–Crippen LogP) is 1.21. The molecule has 2 rings (SSSR count). The molecular formula is C11H18N2O3S. The Morgan fingerprint density at radius 1 is 1.47 bits per heavy atom. The molecule has 96 valence electrons. The van der Waals surface area contributed by atoms with E-state index >= 15 is 0 Å². The summed E-state index contributed by atoms with van der Waals surface area (Å²) >= 11 is 0. The van der Waals surface area contributed by atoms with Crippen LogP contribution in [0.5, 0.6) is 0 Å². The highest BCUT2D eigenvalue weighted by atomic mass is 32.2. The lowest BCUT2D eigenvalue weighted by molar-refractivity contribution is 0.382. The number of rotatable bonds is 6. The third-order valence-electron chi connectivity index (χ3n) is 3.42. The van der Waals surface area contributed by atoms with Gasteiger partial charge in [-0.25, -0.2) is 13.6 Å². The van der Waals surface area contributed by atoms with Gasteiger partial charge >= 0.3 is 0 Å². The van der Waals surface area contributed by atoms with Crippen molar-refractivity contribution in [3.8, 4) is 0 Å². The maximum Gasteiger partial charge on any atom is 0.271 e. The second-order valence-electron chi connectivity index (χ2n) is 4.72. The first-order valence-electron chi connectivity index (χ1n) is 5.77. The van der Waals surface area contributed by atoms with Gasteiger partial charge in [0.25, 0.3) is 10.0 Å². The van der Waals surface area contributed by atoms with E-state index in [0.29, 0.717) is 17.7 Å². The molecule has 1 aliphatic rings. The van der Waals surface area contributed by atoms with Gasteiger partial charge in [-0.05, 0) is 36.8 Å². The molecule has 6 heteroatoms. The molecule has 17 heavy (non-hydrogen) atoms. The molecule has 0 radical (unpaired) electrons. The summed E-state index contributed by atoms with van der Waals surface area (Å²) in [6.45, 7) is 3.69. The van der Waals surface area contributed by atoms with Gasteiger partial charge in [0.1, 0.15) is 5.76 Å². The number of nitrogens with two attached hydrogens (primary N) is 1. The Hall–Kier alpha value is -0.850. The Kier molecular flexibility index (Phi) is 3.29. The van der Waals surface area contributed by atoms with E-state index in [2.05, 4.69) is 12.2 Å². The van der Waals surface area contributed by atoms with Crippen LogP contribution in [-0.2, 0) is 16.6 Å². The second-order valence-corrected chi connectivity index (χ2v) is 6.22. The Bertz CT molecular complexity index is 489. The lowest BCUT2D eigenvalue weighted by atomic mass is 10.0. The average molecular weight is 258 g/mol. The zero-order valence-electron chi connectivity index (χ0n) is 9.90. The fourth-order valence-electron chi connectivity index (χ4n) is 1.89. The molecule has 0 unspecified atom stereocenters. The van der Waals surface area contributed by atoms with Crippen LogP contribution in [0.1, 0.15) is 31.9 Å². The summed E-state index contributed by atoms with van der Waals surface area (Å²) in [5.74, 6) is 0.598. The van der Waals surface area contributed by atoms with Crippen LogP contribution in [0.15, 0.2) is 21.6 Å². The van der Waals surface area contributed by atoms with Crippen molar-refractivity contribution >= 4 is 10.0 Å². The van der Waals surface area contributed by atoms with Gasteiger partial charge in [-0.1, -0.05) is 6.92 Å². The molecule has 1 aromatic heterocycles. The maximum absolute atomic E-state index is 11.0. The van der Waals surface area contributed by atoms with Gasteiger partial charge in [0.05, 0.1) is 6.54 Å². The molecule has 0 aromatic carbocycles. The maximum atomic E-state index is 11.0. The summed E-state index contributed by atoms with van der Waals surface area (Å²) in [6, 6.07) is 3.03. The van der Waals surface area contributed by atoms with Crippen molar-refractivity contribution in [2.75, 3.05) is 6.54 Å². The topological polar surface area (TPSA) is 85.3 Å². The van der Waals surface area contributed by atoms with Crippen molar-refractivity contribution in [3.05, 3.63) is 17.9 Å². The zero-order valence-corrected chi connectivity index (χ0v) is 10.7. The summed E-state index contributed by atoms with van der Waals surface area (Å²) in [5, 5.41) is 8.07. The zero-order chi connectivity index (χ0) is 12.5. The largest absolute Gasteiger partial charge is 0.447 e. The van der Waals surface area contributed by atoms with Crippen LogP contribution in [0.4, 0.5) is 0 Å². The average Bonchev–Trinajstić information content (AvgIpc) is 2.86. The molecule has 3 N–H and O–H groups in total. The molecule has 1 aromatic rings. The van der Waals surface area contributed by atoms with Gasteiger partial charge in [-0.2, -0.15) is 0 Å². The second kappa shape index (κ2) is 4.44. The normalized spacial score (nSPS) is 18.2. The standard InChI is InChI=1S/C11H18N2O3S/c1-2-11(5-6-11)8-13-7-9-3-4-10(16-9)17(12,14)15/h3-4,13H,2,5-8H2,1H3,(H2,12,14,15). The molecule has 0 amide bonds. The number of sulfonamides is 1. The summed E-state index contributed by atoms with van der Waals surface area (Å²) in [6.07, 6.45) is 3.73. The van der Waals surface area contributed by atoms with Gasteiger partial charge in [0, 0.05) is 6.54 Å². The Morgan fingerprint density at radius 3 is 2.65 bits per heavy atom. The van der Waals surface area contributed by atoms with Crippen molar-refractivity contribution < 1.29 is 12.8 Å². The number of nitrogens with one attached hydrogen (secondary N) is 1.